The molecule has 34 heavy (non-hydrogen) atoms. The number of benzene rings is 2. The minimum Gasteiger partial charge on any atom is -0.494 e. The van der Waals surface area contributed by atoms with Crippen molar-refractivity contribution in [1.29, 1.82) is 0 Å². The van der Waals surface area contributed by atoms with Crippen molar-refractivity contribution in [2.75, 3.05) is 11.5 Å². The number of carbonyl (C=O) groups is 2. The Morgan fingerprint density at radius 1 is 1.09 bits per heavy atom. The van der Waals surface area contributed by atoms with Crippen molar-refractivity contribution >= 4 is 40.1 Å². The molecule has 1 aliphatic heterocycles. The van der Waals surface area contributed by atoms with Crippen LogP contribution in [0.4, 0.5) is 10.1 Å². The quantitative estimate of drug-likeness (QED) is 0.170. The van der Waals surface area contributed by atoms with E-state index < -0.39 is 5.25 Å². The van der Waals surface area contributed by atoms with Gasteiger partial charge in [0, 0.05) is 6.42 Å². The van der Waals surface area contributed by atoms with Crippen LogP contribution in [0.3, 0.4) is 0 Å². The van der Waals surface area contributed by atoms with E-state index in [-0.39, 0.29) is 29.2 Å². The first-order chi connectivity index (χ1) is 16.4. The first-order valence-corrected chi connectivity index (χ1v) is 12.2. The molecule has 180 valence electrons. The maximum absolute atomic E-state index is 13.1. The van der Waals surface area contributed by atoms with Crippen LogP contribution in [0.1, 0.15) is 51.5 Å². The van der Waals surface area contributed by atoms with Gasteiger partial charge in [0.2, 0.25) is 11.8 Å². The molecule has 0 aromatic heterocycles. The van der Waals surface area contributed by atoms with Gasteiger partial charge in [-0.05, 0) is 55.3 Å². The molecule has 3 rings (SSSR count). The van der Waals surface area contributed by atoms with Gasteiger partial charge in [-0.25, -0.2) is 9.29 Å². The van der Waals surface area contributed by atoms with Gasteiger partial charge in [-0.15, -0.1) is 5.10 Å². The summed E-state index contributed by atoms with van der Waals surface area (Å²) in [5.74, 6) is -0.278. The molecule has 0 bridgehead atoms. The summed E-state index contributed by atoms with van der Waals surface area (Å²) in [6, 6.07) is 12.8. The summed E-state index contributed by atoms with van der Waals surface area (Å²) in [4.78, 5) is 26.6. The Bertz CT molecular complexity index is 1050. The van der Waals surface area contributed by atoms with Crippen LogP contribution in [0.5, 0.6) is 5.75 Å². The number of imide groups is 1. The van der Waals surface area contributed by atoms with E-state index in [1.54, 1.807) is 43.3 Å². The summed E-state index contributed by atoms with van der Waals surface area (Å²) in [6.07, 6.45) is 4.51. The number of thioether (sulfide) groups is 1. The highest BCUT2D eigenvalue weighted by Gasteiger charge is 2.40. The van der Waals surface area contributed by atoms with Crippen molar-refractivity contribution in [1.82, 2.24) is 0 Å². The van der Waals surface area contributed by atoms with Crippen LogP contribution < -0.4 is 15.4 Å². The van der Waals surface area contributed by atoms with Crippen molar-refractivity contribution in [2.45, 2.75) is 51.2 Å². The number of hydrogen-bond donors (Lipinski definition) is 1. The van der Waals surface area contributed by atoms with Gasteiger partial charge in [-0.2, -0.15) is 5.10 Å². The molecular weight excluding hydrogens is 455 g/mol. The SMILES string of the molecule is CCCCCCOc1ccc(N2C(=O)C[C@H](SC(N)=N/N=C(/C)c3ccc(F)cc3)C2=O)cc1. The maximum Gasteiger partial charge on any atom is 0.247 e. The number of amidine groups is 1. The second kappa shape index (κ2) is 12.3. The minimum atomic E-state index is -0.674. The third kappa shape index (κ3) is 6.90. The molecule has 2 amide bonds. The van der Waals surface area contributed by atoms with Crippen molar-refractivity contribution in [3.05, 3.63) is 59.9 Å². The Kier molecular flexibility index (Phi) is 9.21. The van der Waals surface area contributed by atoms with Gasteiger partial charge < -0.3 is 10.5 Å². The molecule has 7 nitrogen and oxygen atoms in total. The van der Waals surface area contributed by atoms with E-state index in [9.17, 15) is 14.0 Å². The average Bonchev–Trinajstić information content (AvgIpc) is 3.10. The average molecular weight is 485 g/mol. The zero-order chi connectivity index (χ0) is 24.5. The van der Waals surface area contributed by atoms with Gasteiger partial charge in [0.25, 0.3) is 0 Å². The number of unbranched alkanes of at least 4 members (excludes halogenated alkanes) is 3. The van der Waals surface area contributed by atoms with Crippen LogP contribution in [0.2, 0.25) is 0 Å². The highest BCUT2D eigenvalue weighted by Crippen LogP contribution is 2.30. The van der Waals surface area contributed by atoms with Crippen LogP contribution in [-0.2, 0) is 9.59 Å². The number of amides is 2. The highest BCUT2D eigenvalue weighted by atomic mass is 32.2. The predicted molar refractivity (Wildman–Crippen MR) is 135 cm³/mol. The number of anilines is 1. The molecule has 9 heteroatoms. The van der Waals surface area contributed by atoms with E-state index in [1.165, 1.54) is 29.9 Å². The van der Waals surface area contributed by atoms with Gasteiger partial charge in [0.15, 0.2) is 5.17 Å². The number of carbonyl (C=O) groups excluding carboxylic acids is 2. The Balaban J connectivity index is 1.58. The van der Waals surface area contributed by atoms with E-state index in [4.69, 9.17) is 10.5 Å². The van der Waals surface area contributed by atoms with Crippen LogP contribution in [0.25, 0.3) is 0 Å². The van der Waals surface area contributed by atoms with Crippen LogP contribution in [0.15, 0.2) is 58.7 Å². The largest absolute Gasteiger partial charge is 0.494 e. The van der Waals surface area contributed by atoms with E-state index >= 15 is 0 Å². The van der Waals surface area contributed by atoms with Crippen LogP contribution in [-0.4, -0.2) is 34.6 Å². The van der Waals surface area contributed by atoms with Crippen LogP contribution >= 0.6 is 11.8 Å². The lowest BCUT2D eigenvalue weighted by molar-refractivity contribution is -0.121. The molecule has 1 atom stereocenters. The molecule has 2 N–H and O–H groups in total. The number of hydrogen-bond acceptors (Lipinski definition) is 6. The highest BCUT2D eigenvalue weighted by molar-refractivity contribution is 8.14. The fourth-order valence-corrected chi connectivity index (χ4v) is 4.23. The second-order valence-electron chi connectivity index (χ2n) is 7.91. The number of rotatable bonds is 10. The van der Waals surface area contributed by atoms with Gasteiger partial charge in [0.1, 0.15) is 16.8 Å². The summed E-state index contributed by atoms with van der Waals surface area (Å²) in [5, 5.41) is 7.40. The third-order valence-corrected chi connectivity index (χ3v) is 6.27. The number of halogens is 1. The molecular formula is C25H29FN4O3S. The Hall–Kier alpha value is -3.20. The Labute approximate surface area is 203 Å². The van der Waals surface area contributed by atoms with E-state index in [1.807, 2.05) is 0 Å². The number of nitrogens with zero attached hydrogens (tertiary/aromatic N) is 3. The third-order valence-electron chi connectivity index (χ3n) is 5.29. The maximum atomic E-state index is 13.1. The first kappa shape index (κ1) is 25.4. The van der Waals surface area contributed by atoms with E-state index in [0.29, 0.717) is 29.3 Å². The number of ether oxygens (including phenoxy) is 1. The molecule has 0 radical (unpaired) electrons. The van der Waals surface area contributed by atoms with Crippen LogP contribution in [0, 0.1) is 5.82 Å². The van der Waals surface area contributed by atoms with Crippen molar-refractivity contribution < 1.29 is 18.7 Å². The van der Waals surface area contributed by atoms with Crippen molar-refractivity contribution in [3.8, 4) is 5.75 Å². The molecule has 0 saturated carbocycles. The summed E-state index contributed by atoms with van der Waals surface area (Å²) >= 11 is 1.00. The van der Waals surface area contributed by atoms with Crippen molar-refractivity contribution in [3.63, 3.8) is 0 Å². The molecule has 1 aliphatic rings. The van der Waals surface area contributed by atoms with E-state index in [2.05, 4.69) is 17.1 Å². The molecule has 2 aromatic carbocycles. The van der Waals surface area contributed by atoms with Crippen molar-refractivity contribution in [2.24, 2.45) is 15.9 Å². The molecule has 1 saturated heterocycles. The Morgan fingerprint density at radius 3 is 2.47 bits per heavy atom. The van der Waals surface area contributed by atoms with Gasteiger partial charge >= 0.3 is 0 Å². The zero-order valence-electron chi connectivity index (χ0n) is 19.4. The fraction of sp³-hybridized carbons (Fsp3) is 0.360. The summed E-state index contributed by atoms with van der Waals surface area (Å²) in [6.45, 7) is 4.52. The summed E-state index contributed by atoms with van der Waals surface area (Å²) in [5.41, 5.74) is 7.69. The molecule has 2 aromatic rings. The lowest BCUT2D eigenvalue weighted by Gasteiger charge is -2.15. The van der Waals surface area contributed by atoms with Gasteiger partial charge in [-0.3, -0.25) is 9.59 Å². The normalized spacial score (nSPS) is 16.9. The minimum absolute atomic E-state index is 0.0239. The predicted octanol–water partition coefficient (Wildman–Crippen LogP) is 4.89. The molecule has 0 unspecified atom stereocenters. The summed E-state index contributed by atoms with van der Waals surface area (Å²) in [7, 11) is 0. The fourth-order valence-electron chi connectivity index (χ4n) is 3.42. The zero-order valence-corrected chi connectivity index (χ0v) is 20.2. The number of nitrogens with two attached hydrogens (primary N) is 1. The monoisotopic (exact) mass is 484 g/mol. The van der Waals surface area contributed by atoms with Gasteiger partial charge in [0.05, 0.1) is 18.0 Å². The second-order valence-corrected chi connectivity index (χ2v) is 9.13. The van der Waals surface area contributed by atoms with Gasteiger partial charge in [-0.1, -0.05) is 50.1 Å². The Morgan fingerprint density at radius 2 is 1.79 bits per heavy atom. The molecule has 0 aliphatic carbocycles. The lowest BCUT2D eigenvalue weighted by Crippen LogP contribution is -2.31. The first-order valence-electron chi connectivity index (χ1n) is 11.3. The van der Waals surface area contributed by atoms with E-state index in [0.717, 1.165) is 24.6 Å². The topological polar surface area (TPSA) is 97.3 Å². The molecule has 1 heterocycles. The standard InChI is InChI=1S/C25H29FN4O3S/c1-3-4-5-6-15-33-21-13-11-20(12-14-21)30-23(31)16-22(24(30)32)34-25(27)29-28-17(2)18-7-9-19(26)10-8-18/h7-14,22H,3-6,15-16H2,1-2H3,(H2,27,29)/b28-17-/t22-/m0/s1. The smallest absolute Gasteiger partial charge is 0.247 e. The summed E-state index contributed by atoms with van der Waals surface area (Å²) < 4.78 is 18.8. The molecule has 1 fully saturated rings. The lowest BCUT2D eigenvalue weighted by atomic mass is 10.1. The molecule has 0 spiro atoms.